The number of aliphatic hydroxyl groups excluding tert-OH is 1. The Hall–Kier alpha value is -1.62. The lowest BCUT2D eigenvalue weighted by Gasteiger charge is -2.14. The van der Waals surface area contributed by atoms with Crippen molar-refractivity contribution in [1.82, 2.24) is 0 Å². The molecule has 1 N–H and O–H groups in total. The number of halogens is 1. The molecule has 0 saturated heterocycles. The molecule has 4 nitrogen and oxygen atoms in total. The third kappa shape index (κ3) is 4.40. The van der Waals surface area contributed by atoms with Crippen LogP contribution in [0.1, 0.15) is 6.42 Å². The molecule has 0 fully saturated rings. The van der Waals surface area contributed by atoms with Crippen molar-refractivity contribution in [1.29, 1.82) is 0 Å². The maximum Gasteiger partial charge on any atom is 0.312 e. The molecule has 0 amide bonds. The van der Waals surface area contributed by atoms with Crippen molar-refractivity contribution in [2.45, 2.75) is 6.42 Å². The van der Waals surface area contributed by atoms with Gasteiger partial charge in [0.1, 0.15) is 18.2 Å². The van der Waals surface area contributed by atoms with Crippen LogP contribution in [0.25, 0.3) is 0 Å². The van der Waals surface area contributed by atoms with Gasteiger partial charge in [0.2, 0.25) is 0 Å². The van der Waals surface area contributed by atoms with Crippen molar-refractivity contribution in [3.05, 3.63) is 30.1 Å². The van der Waals surface area contributed by atoms with Gasteiger partial charge in [0, 0.05) is 6.61 Å². The summed E-state index contributed by atoms with van der Waals surface area (Å²) in [5.41, 5.74) is 0. The van der Waals surface area contributed by atoms with Crippen molar-refractivity contribution in [2.24, 2.45) is 5.92 Å². The average molecular weight is 242 g/mol. The van der Waals surface area contributed by atoms with Crippen LogP contribution in [0.3, 0.4) is 0 Å². The molecule has 1 unspecified atom stereocenters. The Balaban J connectivity index is 2.51. The second-order valence-corrected chi connectivity index (χ2v) is 3.50. The van der Waals surface area contributed by atoms with E-state index in [0.29, 0.717) is 5.75 Å². The average Bonchev–Trinajstić information content (AvgIpc) is 2.35. The van der Waals surface area contributed by atoms with E-state index in [1.54, 1.807) is 0 Å². The summed E-state index contributed by atoms with van der Waals surface area (Å²) in [5.74, 6) is -0.827. The highest BCUT2D eigenvalue weighted by Crippen LogP contribution is 2.14. The van der Waals surface area contributed by atoms with Crippen molar-refractivity contribution >= 4 is 5.97 Å². The molecular weight excluding hydrogens is 227 g/mol. The maximum absolute atomic E-state index is 12.6. The summed E-state index contributed by atoms with van der Waals surface area (Å²) >= 11 is 0. The third-order valence-corrected chi connectivity index (χ3v) is 2.28. The van der Waals surface area contributed by atoms with E-state index >= 15 is 0 Å². The van der Waals surface area contributed by atoms with Crippen molar-refractivity contribution in [3.63, 3.8) is 0 Å². The van der Waals surface area contributed by atoms with Gasteiger partial charge < -0.3 is 14.6 Å². The van der Waals surface area contributed by atoms with Gasteiger partial charge in [-0.05, 0) is 30.7 Å². The third-order valence-electron chi connectivity index (χ3n) is 2.28. The van der Waals surface area contributed by atoms with Crippen LogP contribution in [0.15, 0.2) is 24.3 Å². The molecule has 0 aliphatic heterocycles. The van der Waals surface area contributed by atoms with Gasteiger partial charge in [-0.3, -0.25) is 4.79 Å². The minimum absolute atomic E-state index is 0.0961. The van der Waals surface area contributed by atoms with E-state index in [4.69, 9.17) is 9.84 Å². The van der Waals surface area contributed by atoms with Gasteiger partial charge in [0.25, 0.3) is 0 Å². The number of hydrogen-bond acceptors (Lipinski definition) is 4. The van der Waals surface area contributed by atoms with Crippen LogP contribution in [0, 0.1) is 11.7 Å². The molecule has 17 heavy (non-hydrogen) atoms. The molecule has 0 saturated carbocycles. The normalized spacial score (nSPS) is 11.9. The van der Waals surface area contributed by atoms with Gasteiger partial charge in [0.05, 0.1) is 13.0 Å². The first kappa shape index (κ1) is 13.4. The van der Waals surface area contributed by atoms with E-state index in [0.717, 1.165) is 0 Å². The molecule has 0 aliphatic carbocycles. The summed E-state index contributed by atoms with van der Waals surface area (Å²) in [7, 11) is 1.28. The fourth-order valence-electron chi connectivity index (χ4n) is 1.32. The molecule has 0 radical (unpaired) electrons. The van der Waals surface area contributed by atoms with Crippen LogP contribution in [-0.4, -0.2) is 31.4 Å². The zero-order valence-electron chi connectivity index (χ0n) is 9.56. The van der Waals surface area contributed by atoms with E-state index in [2.05, 4.69) is 4.74 Å². The predicted octanol–water partition coefficient (Wildman–Crippen LogP) is 1.38. The second kappa shape index (κ2) is 6.85. The molecule has 0 heterocycles. The number of benzene rings is 1. The van der Waals surface area contributed by atoms with Crippen LogP contribution in [0.2, 0.25) is 0 Å². The predicted molar refractivity (Wildman–Crippen MR) is 59.1 cm³/mol. The summed E-state index contributed by atoms with van der Waals surface area (Å²) in [5, 5.41) is 8.80. The van der Waals surface area contributed by atoms with Crippen LogP contribution < -0.4 is 4.74 Å². The molecule has 5 heteroatoms. The molecule has 0 aromatic heterocycles. The number of ether oxygens (including phenoxy) is 2. The highest BCUT2D eigenvalue weighted by molar-refractivity contribution is 5.72. The molecule has 1 aromatic rings. The zero-order valence-corrected chi connectivity index (χ0v) is 9.56. The quantitative estimate of drug-likeness (QED) is 0.766. The fraction of sp³-hybridized carbons (Fsp3) is 0.417. The molecule has 94 valence electrons. The van der Waals surface area contributed by atoms with Crippen molar-refractivity contribution in [2.75, 3.05) is 20.3 Å². The lowest BCUT2D eigenvalue weighted by Crippen LogP contribution is -2.24. The van der Waals surface area contributed by atoms with Crippen LogP contribution >= 0.6 is 0 Å². The zero-order chi connectivity index (χ0) is 12.7. The van der Waals surface area contributed by atoms with Gasteiger partial charge >= 0.3 is 5.97 Å². The molecule has 0 bridgehead atoms. The van der Waals surface area contributed by atoms with E-state index in [9.17, 15) is 9.18 Å². The molecule has 0 aliphatic rings. The first-order valence-corrected chi connectivity index (χ1v) is 5.24. The molecule has 0 spiro atoms. The lowest BCUT2D eigenvalue weighted by molar-refractivity contribution is -0.147. The first-order chi connectivity index (χ1) is 8.17. The Morgan fingerprint density at radius 2 is 2.06 bits per heavy atom. The molecule has 1 rings (SSSR count). The number of aliphatic hydroxyl groups is 1. The highest BCUT2D eigenvalue weighted by Gasteiger charge is 2.19. The number of carbonyl (C=O) groups is 1. The summed E-state index contributed by atoms with van der Waals surface area (Å²) in [4.78, 5) is 11.3. The highest BCUT2D eigenvalue weighted by atomic mass is 19.1. The van der Waals surface area contributed by atoms with Crippen LogP contribution in [0.5, 0.6) is 5.75 Å². The minimum atomic E-state index is -0.518. The number of hydrogen-bond donors (Lipinski definition) is 1. The Bertz CT molecular complexity index is 350. The summed E-state index contributed by atoms with van der Waals surface area (Å²) in [6, 6.07) is 5.49. The van der Waals surface area contributed by atoms with Crippen LogP contribution in [-0.2, 0) is 9.53 Å². The van der Waals surface area contributed by atoms with E-state index in [-0.39, 0.29) is 25.5 Å². The van der Waals surface area contributed by atoms with Crippen LogP contribution in [0.4, 0.5) is 4.39 Å². The fourth-order valence-corrected chi connectivity index (χ4v) is 1.32. The number of carbonyl (C=O) groups excluding carboxylic acids is 1. The van der Waals surface area contributed by atoms with E-state index < -0.39 is 11.9 Å². The van der Waals surface area contributed by atoms with Gasteiger partial charge in [0.15, 0.2) is 0 Å². The van der Waals surface area contributed by atoms with Gasteiger partial charge in [-0.25, -0.2) is 4.39 Å². The molecule has 1 atom stereocenters. The number of methoxy groups -OCH3 is 1. The van der Waals surface area contributed by atoms with Crippen molar-refractivity contribution < 1.29 is 23.8 Å². The Morgan fingerprint density at radius 3 is 2.59 bits per heavy atom. The van der Waals surface area contributed by atoms with E-state index in [1.807, 2.05) is 0 Å². The topological polar surface area (TPSA) is 55.8 Å². The first-order valence-electron chi connectivity index (χ1n) is 5.24. The maximum atomic E-state index is 12.6. The monoisotopic (exact) mass is 242 g/mol. The molecule has 1 aromatic carbocycles. The molecular formula is C12H15FO4. The van der Waals surface area contributed by atoms with Crippen molar-refractivity contribution in [3.8, 4) is 5.75 Å². The van der Waals surface area contributed by atoms with E-state index in [1.165, 1.54) is 31.4 Å². The van der Waals surface area contributed by atoms with Gasteiger partial charge in [-0.15, -0.1) is 0 Å². The number of rotatable bonds is 6. The summed E-state index contributed by atoms with van der Waals surface area (Å²) < 4.78 is 22.5. The Morgan fingerprint density at radius 1 is 1.41 bits per heavy atom. The van der Waals surface area contributed by atoms with Gasteiger partial charge in [-0.1, -0.05) is 0 Å². The smallest absolute Gasteiger partial charge is 0.312 e. The lowest BCUT2D eigenvalue weighted by atomic mass is 10.1. The minimum Gasteiger partial charge on any atom is -0.493 e. The standard InChI is InChI=1S/C12H15FO4/c1-16-12(15)9(6-7-14)8-17-11-4-2-10(13)3-5-11/h2-5,9,14H,6-8H2,1H3. The Kier molecular flexibility index (Phi) is 5.42. The SMILES string of the molecule is COC(=O)C(CCO)COc1ccc(F)cc1. The summed E-state index contributed by atoms with van der Waals surface area (Å²) in [6.45, 7) is -0.0224. The Labute approximate surface area is 99.0 Å². The number of esters is 1. The summed E-state index contributed by atoms with van der Waals surface area (Å²) in [6.07, 6.45) is 0.272. The second-order valence-electron chi connectivity index (χ2n) is 3.50. The largest absolute Gasteiger partial charge is 0.493 e. The van der Waals surface area contributed by atoms with Gasteiger partial charge in [-0.2, -0.15) is 0 Å².